The van der Waals surface area contributed by atoms with Gasteiger partial charge in [0.05, 0.1) is 10.7 Å². The van der Waals surface area contributed by atoms with Crippen LogP contribution in [0.2, 0.25) is 10.0 Å². The number of nitrogens with one attached hydrogen (secondary N) is 2. The summed E-state index contributed by atoms with van der Waals surface area (Å²) in [6.45, 7) is 1.79. The molecule has 4 N–H and O–H groups in total. The van der Waals surface area contributed by atoms with Gasteiger partial charge in [0.1, 0.15) is 17.8 Å². The van der Waals surface area contributed by atoms with Crippen LogP contribution in [0.5, 0.6) is 0 Å². The average Bonchev–Trinajstić information content (AvgIpc) is 2.91. The zero-order chi connectivity index (χ0) is 16.4. The molecule has 2 aromatic heterocycles. The van der Waals surface area contributed by atoms with Gasteiger partial charge in [-0.25, -0.2) is 9.97 Å². The Hall–Kier alpha value is -2.51. The summed E-state index contributed by atoms with van der Waals surface area (Å²) in [7, 11) is 0. The molecular weight excluding hydrogens is 339 g/mol. The fourth-order valence-electron chi connectivity index (χ4n) is 1.86. The predicted molar refractivity (Wildman–Crippen MR) is 90.7 cm³/mol. The van der Waals surface area contributed by atoms with Gasteiger partial charge < -0.3 is 20.9 Å². The van der Waals surface area contributed by atoms with Crippen LogP contribution in [0, 0.1) is 6.92 Å². The molecule has 0 aliphatic rings. The molecule has 1 aromatic carbocycles. The Kier molecular flexibility index (Phi) is 4.22. The molecule has 0 radical (unpaired) electrons. The Morgan fingerprint density at radius 2 is 1.83 bits per heavy atom. The van der Waals surface area contributed by atoms with Gasteiger partial charge in [-0.05, 0) is 25.1 Å². The average molecular weight is 351 g/mol. The number of benzene rings is 1. The molecule has 0 spiro atoms. The van der Waals surface area contributed by atoms with E-state index < -0.39 is 0 Å². The van der Waals surface area contributed by atoms with Crippen LogP contribution in [0.4, 0.5) is 28.8 Å². The number of hydrogen-bond donors (Lipinski definition) is 3. The third-order valence-electron chi connectivity index (χ3n) is 2.94. The van der Waals surface area contributed by atoms with Gasteiger partial charge in [0.25, 0.3) is 0 Å². The smallest absolute Gasteiger partial charge is 0.175 e. The Morgan fingerprint density at radius 1 is 1.09 bits per heavy atom. The summed E-state index contributed by atoms with van der Waals surface area (Å²) in [5.41, 5.74) is 7.04. The van der Waals surface area contributed by atoms with E-state index in [9.17, 15) is 0 Å². The van der Waals surface area contributed by atoms with Crippen LogP contribution in [-0.2, 0) is 0 Å². The maximum atomic E-state index is 6.13. The van der Waals surface area contributed by atoms with E-state index in [0.29, 0.717) is 44.6 Å². The molecule has 0 fully saturated rings. The van der Waals surface area contributed by atoms with Crippen LogP contribution in [-0.4, -0.2) is 15.1 Å². The van der Waals surface area contributed by atoms with Crippen molar-refractivity contribution in [1.82, 2.24) is 15.1 Å². The zero-order valence-electron chi connectivity index (χ0n) is 12.0. The van der Waals surface area contributed by atoms with Gasteiger partial charge >= 0.3 is 0 Å². The molecule has 9 heteroatoms. The van der Waals surface area contributed by atoms with Gasteiger partial charge in [0.15, 0.2) is 17.5 Å². The van der Waals surface area contributed by atoms with Crippen LogP contribution in [0.15, 0.2) is 35.1 Å². The van der Waals surface area contributed by atoms with E-state index in [-0.39, 0.29) is 0 Å². The molecule has 0 aliphatic heterocycles. The lowest BCUT2D eigenvalue weighted by atomic mass is 10.3. The topological polar surface area (TPSA) is 102 Å². The molecule has 0 unspecified atom stereocenters. The maximum Gasteiger partial charge on any atom is 0.175 e. The van der Waals surface area contributed by atoms with E-state index in [1.807, 2.05) is 0 Å². The second-order valence-electron chi connectivity index (χ2n) is 4.68. The first-order valence-corrected chi connectivity index (χ1v) is 7.31. The molecule has 0 saturated heterocycles. The van der Waals surface area contributed by atoms with Gasteiger partial charge in [0.2, 0.25) is 0 Å². The quantitative estimate of drug-likeness (QED) is 0.649. The molecule has 7 nitrogen and oxygen atoms in total. The first-order valence-electron chi connectivity index (χ1n) is 6.56. The number of hydrogen-bond acceptors (Lipinski definition) is 7. The molecule has 0 saturated carbocycles. The molecule has 0 aliphatic carbocycles. The lowest BCUT2D eigenvalue weighted by Gasteiger charge is -2.12. The third-order valence-corrected chi connectivity index (χ3v) is 3.49. The summed E-state index contributed by atoms with van der Waals surface area (Å²) >= 11 is 12.0. The van der Waals surface area contributed by atoms with E-state index in [2.05, 4.69) is 25.8 Å². The summed E-state index contributed by atoms with van der Waals surface area (Å²) in [5, 5.41) is 10.8. The number of nitrogens with zero attached hydrogens (tertiary/aromatic N) is 3. The number of aryl methyl sites for hydroxylation is 1. The molecule has 3 rings (SSSR count). The van der Waals surface area contributed by atoms with E-state index in [4.69, 9.17) is 33.5 Å². The SMILES string of the molecule is Cc1cc(Nc2ncnc(Nc3ccc(Cl)cc3Cl)c2N)no1. The minimum atomic E-state index is 0.319. The number of anilines is 5. The molecule has 23 heavy (non-hydrogen) atoms. The number of nitrogen functional groups attached to an aromatic ring is 1. The van der Waals surface area contributed by atoms with Crippen molar-refractivity contribution in [3.63, 3.8) is 0 Å². The summed E-state index contributed by atoms with van der Waals surface area (Å²) in [6, 6.07) is 6.80. The molecule has 2 heterocycles. The van der Waals surface area contributed by atoms with Crippen LogP contribution in [0.3, 0.4) is 0 Å². The number of rotatable bonds is 4. The summed E-state index contributed by atoms with van der Waals surface area (Å²) in [4.78, 5) is 8.22. The Labute approximate surface area is 141 Å². The standard InChI is InChI=1S/C14H12Cl2N6O/c1-7-4-11(22-23-7)21-14-12(17)13(18-6-19-14)20-10-3-2-8(15)5-9(10)16/h2-6H,17H2,1H3,(H2,18,19,20,21,22). The highest BCUT2D eigenvalue weighted by Crippen LogP contribution is 2.32. The van der Waals surface area contributed by atoms with E-state index >= 15 is 0 Å². The van der Waals surface area contributed by atoms with E-state index in [1.54, 1.807) is 31.2 Å². The van der Waals surface area contributed by atoms with Crippen LogP contribution in [0.25, 0.3) is 0 Å². The summed E-state index contributed by atoms with van der Waals surface area (Å²) in [6.07, 6.45) is 1.37. The van der Waals surface area contributed by atoms with Crippen molar-refractivity contribution in [2.75, 3.05) is 16.4 Å². The fraction of sp³-hybridized carbons (Fsp3) is 0.0714. The van der Waals surface area contributed by atoms with Gasteiger partial charge in [-0.1, -0.05) is 28.4 Å². The van der Waals surface area contributed by atoms with Crippen molar-refractivity contribution >= 4 is 52.0 Å². The minimum absolute atomic E-state index is 0.319. The lowest BCUT2D eigenvalue weighted by molar-refractivity contribution is 0.400. The fourth-order valence-corrected chi connectivity index (χ4v) is 2.32. The predicted octanol–water partition coefficient (Wildman–Crippen LogP) is 4.15. The normalized spacial score (nSPS) is 10.6. The van der Waals surface area contributed by atoms with Crippen molar-refractivity contribution in [3.05, 3.63) is 46.4 Å². The van der Waals surface area contributed by atoms with Crippen molar-refractivity contribution in [2.45, 2.75) is 6.92 Å². The number of nitrogens with two attached hydrogens (primary N) is 1. The zero-order valence-corrected chi connectivity index (χ0v) is 13.5. The van der Waals surface area contributed by atoms with Crippen LogP contribution in [0.1, 0.15) is 5.76 Å². The molecule has 118 valence electrons. The highest BCUT2D eigenvalue weighted by atomic mass is 35.5. The first-order chi connectivity index (χ1) is 11.0. The Morgan fingerprint density at radius 3 is 2.48 bits per heavy atom. The second kappa shape index (κ2) is 6.31. The van der Waals surface area contributed by atoms with Gasteiger partial charge in [0, 0.05) is 11.1 Å². The Balaban J connectivity index is 1.87. The summed E-state index contributed by atoms with van der Waals surface area (Å²) < 4.78 is 4.99. The van der Waals surface area contributed by atoms with E-state index in [1.165, 1.54) is 6.33 Å². The maximum absolute atomic E-state index is 6.13. The van der Waals surface area contributed by atoms with Gasteiger partial charge in [-0.2, -0.15) is 0 Å². The Bertz CT molecular complexity index is 851. The molecule has 0 atom stereocenters. The first kappa shape index (κ1) is 15.4. The van der Waals surface area contributed by atoms with E-state index in [0.717, 1.165) is 0 Å². The van der Waals surface area contributed by atoms with Crippen molar-refractivity contribution in [3.8, 4) is 0 Å². The molecular formula is C14H12Cl2N6O. The van der Waals surface area contributed by atoms with Crippen molar-refractivity contribution in [2.24, 2.45) is 0 Å². The number of halogens is 2. The van der Waals surface area contributed by atoms with Crippen LogP contribution >= 0.6 is 23.2 Å². The highest BCUT2D eigenvalue weighted by molar-refractivity contribution is 6.36. The summed E-state index contributed by atoms with van der Waals surface area (Å²) in [5.74, 6) is 1.99. The number of aromatic nitrogens is 3. The van der Waals surface area contributed by atoms with Crippen molar-refractivity contribution in [1.29, 1.82) is 0 Å². The molecule has 0 amide bonds. The van der Waals surface area contributed by atoms with Gasteiger partial charge in [-0.3, -0.25) is 0 Å². The minimum Gasteiger partial charge on any atom is -0.393 e. The molecule has 0 bridgehead atoms. The largest absolute Gasteiger partial charge is 0.393 e. The lowest BCUT2D eigenvalue weighted by Crippen LogP contribution is -2.05. The van der Waals surface area contributed by atoms with Crippen LogP contribution < -0.4 is 16.4 Å². The monoisotopic (exact) mass is 350 g/mol. The van der Waals surface area contributed by atoms with Crippen molar-refractivity contribution < 1.29 is 4.52 Å². The highest BCUT2D eigenvalue weighted by Gasteiger charge is 2.11. The third kappa shape index (κ3) is 3.46. The van der Waals surface area contributed by atoms with Gasteiger partial charge in [-0.15, -0.1) is 0 Å². The molecule has 3 aromatic rings. The second-order valence-corrected chi connectivity index (χ2v) is 5.53.